The van der Waals surface area contributed by atoms with E-state index in [0.717, 1.165) is 0 Å². The summed E-state index contributed by atoms with van der Waals surface area (Å²) >= 11 is 0. The van der Waals surface area contributed by atoms with Crippen molar-refractivity contribution in [1.82, 2.24) is 0 Å². The summed E-state index contributed by atoms with van der Waals surface area (Å²) in [5.74, 6) is -1.12. The van der Waals surface area contributed by atoms with Gasteiger partial charge < -0.3 is 37.9 Å². The smallest absolute Gasteiger partial charge is 0.308 e. The number of methoxy groups -OCH3 is 4. The van der Waals surface area contributed by atoms with E-state index in [1.54, 1.807) is 26.0 Å². The Hall–Kier alpha value is -5.52. The molecule has 4 rings (SSSR count). The summed E-state index contributed by atoms with van der Waals surface area (Å²) in [7, 11) is 5.97. The summed E-state index contributed by atoms with van der Waals surface area (Å²) < 4.78 is 47.4. The topological polar surface area (TPSA) is 142 Å². The molecule has 0 aliphatic carbocycles. The van der Waals surface area contributed by atoms with Crippen molar-refractivity contribution in [2.45, 2.75) is 81.1 Å². The number of hydrogen-bond donors (Lipinski definition) is 0. The first-order chi connectivity index (χ1) is 24.4. The van der Waals surface area contributed by atoms with Crippen molar-refractivity contribution in [2.75, 3.05) is 28.4 Å². The monoisotopic (exact) mass is 718 g/mol. The molecule has 0 amide bonds. The van der Waals surface area contributed by atoms with Crippen molar-refractivity contribution in [3.05, 3.63) is 34.4 Å². The molecular formula is C40H46O12. The van der Waals surface area contributed by atoms with Crippen molar-refractivity contribution in [3.63, 3.8) is 0 Å². The van der Waals surface area contributed by atoms with E-state index >= 15 is 0 Å². The van der Waals surface area contributed by atoms with Gasteiger partial charge in [-0.25, -0.2) is 0 Å². The zero-order valence-electron chi connectivity index (χ0n) is 32.2. The Morgan fingerprint density at radius 3 is 0.981 bits per heavy atom. The lowest BCUT2D eigenvalue weighted by atomic mass is 9.83. The zero-order valence-corrected chi connectivity index (χ0v) is 32.2. The van der Waals surface area contributed by atoms with Crippen LogP contribution in [0.1, 0.15) is 89.5 Å². The molecule has 4 aromatic rings. The molecule has 0 spiro atoms. The molecule has 0 N–H and O–H groups in total. The maximum Gasteiger partial charge on any atom is 0.308 e. The summed E-state index contributed by atoms with van der Waals surface area (Å²) in [5, 5.41) is 1.57. The first-order valence-electron chi connectivity index (χ1n) is 16.7. The highest BCUT2D eigenvalue weighted by molar-refractivity contribution is 6.12. The van der Waals surface area contributed by atoms with E-state index in [9.17, 15) is 19.2 Å². The van der Waals surface area contributed by atoms with Crippen LogP contribution in [0.2, 0.25) is 0 Å². The number of esters is 4. The van der Waals surface area contributed by atoms with Crippen LogP contribution in [0.15, 0.2) is 12.1 Å². The molecule has 278 valence electrons. The van der Waals surface area contributed by atoms with E-state index in [4.69, 9.17) is 37.9 Å². The van der Waals surface area contributed by atoms with Crippen LogP contribution in [-0.4, -0.2) is 52.3 Å². The van der Waals surface area contributed by atoms with Gasteiger partial charge in [0, 0.05) is 82.6 Å². The number of hydrogen-bond acceptors (Lipinski definition) is 12. The number of carbonyl (C=O) groups excluding carboxylic acids is 4. The predicted molar refractivity (Wildman–Crippen MR) is 196 cm³/mol. The lowest BCUT2D eigenvalue weighted by Crippen LogP contribution is -2.13. The van der Waals surface area contributed by atoms with Crippen LogP contribution in [0, 0.1) is 13.8 Å². The van der Waals surface area contributed by atoms with Gasteiger partial charge in [-0.2, -0.15) is 0 Å². The Morgan fingerprint density at radius 1 is 0.462 bits per heavy atom. The largest absolute Gasteiger partial charge is 0.493 e. The summed E-state index contributed by atoms with van der Waals surface area (Å²) in [6.45, 7) is 16.2. The van der Waals surface area contributed by atoms with Crippen LogP contribution >= 0.6 is 0 Å². The number of rotatable bonds is 11. The highest BCUT2D eigenvalue weighted by Crippen LogP contribution is 2.58. The summed E-state index contributed by atoms with van der Waals surface area (Å²) in [4.78, 5) is 51.7. The fourth-order valence-corrected chi connectivity index (χ4v) is 6.85. The molecule has 0 aliphatic heterocycles. The molecule has 0 aromatic heterocycles. The van der Waals surface area contributed by atoms with Crippen molar-refractivity contribution in [1.29, 1.82) is 0 Å². The molecule has 52 heavy (non-hydrogen) atoms. The van der Waals surface area contributed by atoms with Crippen molar-refractivity contribution >= 4 is 45.4 Å². The molecule has 0 bridgehead atoms. The third kappa shape index (κ3) is 6.89. The van der Waals surface area contributed by atoms with E-state index < -0.39 is 23.9 Å². The van der Waals surface area contributed by atoms with Crippen molar-refractivity contribution in [2.24, 2.45) is 0 Å². The maximum absolute atomic E-state index is 13.0. The van der Waals surface area contributed by atoms with Crippen LogP contribution in [0.5, 0.6) is 46.0 Å². The van der Waals surface area contributed by atoms with Crippen LogP contribution in [0.4, 0.5) is 0 Å². The average molecular weight is 719 g/mol. The van der Waals surface area contributed by atoms with Gasteiger partial charge in [0.1, 0.15) is 23.0 Å². The lowest BCUT2D eigenvalue weighted by molar-refractivity contribution is -0.133. The Balaban J connectivity index is 2.53. The fraction of sp³-hybridized carbons (Fsp3) is 0.400. The van der Waals surface area contributed by atoms with Crippen LogP contribution in [0.3, 0.4) is 0 Å². The molecule has 0 radical (unpaired) electrons. The number of fused-ring (bicyclic) bond motifs is 2. The molecule has 0 atom stereocenters. The molecule has 12 heteroatoms. The Morgan fingerprint density at radius 2 is 0.750 bits per heavy atom. The molecule has 12 nitrogen and oxygen atoms in total. The highest BCUT2D eigenvalue weighted by atomic mass is 16.6. The molecule has 0 aliphatic rings. The molecule has 0 fully saturated rings. The van der Waals surface area contributed by atoms with Gasteiger partial charge in [0.25, 0.3) is 0 Å². The van der Waals surface area contributed by atoms with E-state index in [0.29, 0.717) is 66.8 Å². The first-order valence-corrected chi connectivity index (χ1v) is 16.7. The van der Waals surface area contributed by atoms with Gasteiger partial charge in [-0.3, -0.25) is 19.2 Å². The Bertz CT molecular complexity index is 1970. The minimum absolute atomic E-state index is 0.0490. The highest BCUT2D eigenvalue weighted by Gasteiger charge is 2.35. The van der Waals surface area contributed by atoms with E-state index in [2.05, 4.69) is 0 Å². The maximum atomic E-state index is 13.0. The van der Waals surface area contributed by atoms with Crippen molar-refractivity contribution in [3.8, 4) is 57.1 Å². The average Bonchev–Trinajstić information content (AvgIpc) is 3.06. The summed E-state index contributed by atoms with van der Waals surface area (Å²) in [6, 6.07) is 3.27. The first kappa shape index (κ1) is 39.3. The minimum Gasteiger partial charge on any atom is -0.493 e. The third-order valence-corrected chi connectivity index (χ3v) is 8.63. The Labute approximate surface area is 303 Å². The molecular weight excluding hydrogens is 672 g/mol. The van der Waals surface area contributed by atoms with Gasteiger partial charge in [-0.05, 0) is 37.8 Å². The van der Waals surface area contributed by atoms with Gasteiger partial charge in [-0.1, -0.05) is 27.7 Å². The van der Waals surface area contributed by atoms with Gasteiger partial charge in [0.2, 0.25) is 0 Å². The van der Waals surface area contributed by atoms with Crippen molar-refractivity contribution < 1.29 is 57.1 Å². The second kappa shape index (κ2) is 15.4. The van der Waals surface area contributed by atoms with E-state index in [1.807, 2.05) is 27.7 Å². The molecule has 0 saturated heterocycles. The molecule has 0 heterocycles. The van der Waals surface area contributed by atoms with Gasteiger partial charge in [0.15, 0.2) is 23.0 Å². The lowest BCUT2D eigenvalue weighted by Gasteiger charge is -2.28. The van der Waals surface area contributed by atoms with E-state index in [-0.39, 0.29) is 46.0 Å². The predicted octanol–water partition coefficient (Wildman–Crippen LogP) is 8.26. The second-order valence-corrected chi connectivity index (χ2v) is 12.9. The zero-order chi connectivity index (χ0) is 38.9. The number of carbonyl (C=O) groups is 4. The molecule has 0 saturated carbocycles. The molecule has 4 aromatic carbocycles. The Kier molecular flexibility index (Phi) is 11.6. The van der Waals surface area contributed by atoms with Gasteiger partial charge in [0.05, 0.1) is 28.4 Å². The number of benzene rings is 4. The summed E-state index contributed by atoms with van der Waals surface area (Å²) in [6.07, 6.45) is 0. The third-order valence-electron chi connectivity index (χ3n) is 8.63. The second-order valence-electron chi connectivity index (χ2n) is 12.9. The fourth-order valence-electron chi connectivity index (χ4n) is 6.85. The number of ether oxygens (including phenoxy) is 8. The van der Waals surface area contributed by atoms with Gasteiger partial charge >= 0.3 is 23.9 Å². The normalized spacial score (nSPS) is 11.2. The van der Waals surface area contributed by atoms with Crippen LogP contribution in [0.25, 0.3) is 32.7 Å². The standard InChI is InChI=1S/C40H46O12/c1-17(2)29-33-25(15-27(45-11)39(29)47-13)37(51-23(9)43)31(19(5)35(33)49-21(7)41)32-20(6)36(50-22(8)42)34-26(38(32)52-24(10)44)16-28(46-12)40(48-14)30(34)18(3)4/h15-18H,1-14H3. The summed E-state index contributed by atoms with van der Waals surface area (Å²) in [5.41, 5.74) is 2.41. The van der Waals surface area contributed by atoms with Gasteiger partial charge in [-0.15, -0.1) is 0 Å². The quantitative estimate of drug-likeness (QED) is 0.109. The SMILES string of the molecule is COc1cc2c(OC(C)=O)c(-c3c(C)c(OC(C)=O)c4c(C(C)C)c(OC)c(OC)cc4c3OC(C)=O)c(C)c(OC(C)=O)c2c(C(C)C)c1OC. The molecule has 0 unspecified atom stereocenters. The minimum atomic E-state index is -0.663. The van der Waals surface area contributed by atoms with E-state index in [1.165, 1.54) is 56.1 Å². The van der Waals surface area contributed by atoms with Crippen LogP contribution < -0.4 is 37.9 Å². The van der Waals surface area contributed by atoms with Crippen LogP contribution in [-0.2, 0) is 19.2 Å².